The van der Waals surface area contributed by atoms with E-state index in [1.165, 1.54) is 19.4 Å². The fourth-order valence-electron chi connectivity index (χ4n) is 7.71. The largest absolute Gasteiger partial charge is 0.370 e. The number of rotatable bonds is 30. The molecule has 0 saturated carbocycles. The van der Waals surface area contributed by atoms with Gasteiger partial charge in [0, 0.05) is 86.0 Å². The smallest absolute Gasteiger partial charge is 0.243 e. The molecule has 0 bridgehead atoms. The van der Waals surface area contributed by atoms with Gasteiger partial charge in [0.15, 0.2) is 5.96 Å². The number of aliphatic imine (C=N–C) groups is 1. The summed E-state index contributed by atoms with van der Waals surface area (Å²) in [5, 5.41) is 19.5. The molecule has 2 aromatic carbocycles. The van der Waals surface area contributed by atoms with E-state index in [9.17, 15) is 38.4 Å². The van der Waals surface area contributed by atoms with Crippen molar-refractivity contribution in [3.8, 4) is 0 Å². The Morgan fingerprint density at radius 3 is 1.66 bits per heavy atom. The van der Waals surface area contributed by atoms with Gasteiger partial charge in [-0.1, -0.05) is 38.0 Å². The summed E-state index contributed by atoms with van der Waals surface area (Å²) in [6, 6.07) is -0.657. The number of primary amides is 2. The van der Waals surface area contributed by atoms with Crippen LogP contribution in [0.4, 0.5) is 0 Å². The number of guanidine groups is 1. The van der Waals surface area contributed by atoms with E-state index < -0.39 is 96.0 Å². The van der Waals surface area contributed by atoms with E-state index in [2.05, 4.69) is 170 Å². The Bertz CT molecular complexity index is 2740. The van der Waals surface area contributed by atoms with E-state index >= 15 is 4.79 Å². The van der Waals surface area contributed by atoms with Gasteiger partial charge < -0.3 is 70.1 Å². The van der Waals surface area contributed by atoms with Crippen LogP contribution in [0.2, 0.25) is 0 Å². The maximum atomic E-state index is 15.0. The highest BCUT2D eigenvalue weighted by atomic mass is 127. The van der Waals surface area contributed by atoms with Crippen LogP contribution in [0.1, 0.15) is 75.6 Å². The minimum absolute atomic E-state index is 0.0418. The van der Waals surface area contributed by atoms with Crippen LogP contribution >= 0.6 is 113 Å². The highest BCUT2D eigenvalue weighted by molar-refractivity contribution is 14.1. The van der Waals surface area contributed by atoms with Crippen LogP contribution in [0.3, 0.4) is 0 Å². The van der Waals surface area contributed by atoms with Crippen molar-refractivity contribution in [1.29, 1.82) is 0 Å². The molecule has 0 spiro atoms. The molecule has 0 aliphatic heterocycles. The predicted octanol–water partition coefficient (Wildman–Crippen LogP) is 0.981. The minimum atomic E-state index is -1.46. The van der Waals surface area contributed by atoms with Gasteiger partial charge in [-0.2, -0.15) is 0 Å². The second-order valence-corrected chi connectivity index (χ2v) is 22.8. The third kappa shape index (κ3) is 20.0. The van der Waals surface area contributed by atoms with Gasteiger partial charge in [0.2, 0.25) is 53.2 Å². The van der Waals surface area contributed by atoms with Crippen molar-refractivity contribution < 1.29 is 43.2 Å². The summed E-state index contributed by atoms with van der Waals surface area (Å²) in [5.41, 5.74) is 24.5. The molecule has 24 nitrogen and oxygen atoms in total. The summed E-state index contributed by atoms with van der Waals surface area (Å²) < 4.78 is 4.33. The molecule has 6 atom stereocenters. The number of hydrogen-bond acceptors (Lipinski definition) is 11. The number of benzene rings is 2. The van der Waals surface area contributed by atoms with E-state index in [1.54, 1.807) is 6.20 Å². The second kappa shape index (κ2) is 31.7. The van der Waals surface area contributed by atoms with Crippen LogP contribution in [0.15, 0.2) is 48.0 Å². The van der Waals surface area contributed by atoms with Crippen LogP contribution in [0.5, 0.6) is 0 Å². The number of nitrogens with one attached hydrogen (secondary N) is 9. The van der Waals surface area contributed by atoms with Gasteiger partial charge >= 0.3 is 0 Å². The summed E-state index contributed by atoms with van der Waals surface area (Å²) in [6.45, 7) is 2.69. The zero-order chi connectivity index (χ0) is 56.2. The zero-order valence-corrected chi connectivity index (χ0v) is 52.0. The molecule has 29 heteroatoms. The summed E-state index contributed by atoms with van der Waals surface area (Å²) in [7, 11) is 0. The molecule has 0 aliphatic rings. The normalized spacial score (nSPS) is 13.4. The molecule has 2 aromatic heterocycles. The number of aromatic nitrogens is 3. The van der Waals surface area contributed by atoms with Gasteiger partial charge in [0.25, 0.3) is 0 Å². The minimum Gasteiger partial charge on any atom is -0.370 e. The lowest BCUT2D eigenvalue weighted by molar-refractivity contribution is -0.135. The van der Waals surface area contributed by atoms with Gasteiger partial charge in [0.05, 0.1) is 12.9 Å². The van der Waals surface area contributed by atoms with E-state index in [4.69, 9.17) is 22.9 Å². The summed E-state index contributed by atoms with van der Waals surface area (Å²) in [5.74, 6) is -7.05. The first-order chi connectivity index (χ1) is 36.0. The van der Waals surface area contributed by atoms with Crippen LogP contribution in [0.25, 0.3) is 10.9 Å². The molecular formula is C47H60I5N15O9. The lowest BCUT2D eigenvalue weighted by atomic mass is 10.0. The number of amides is 9. The number of halogens is 5. The van der Waals surface area contributed by atoms with E-state index in [0.717, 1.165) is 28.8 Å². The van der Waals surface area contributed by atoms with E-state index in [0.29, 0.717) is 29.7 Å². The molecule has 17 N–H and O–H groups in total. The summed E-state index contributed by atoms with van der Waals surface area (Å²) in [4.78, 5) is 136. The molecule has 0 unspecified atom stereocenters. The molecule has 0 saturated heterocycles. The highest BCUT2D eigenvalue weighted by Crippen LogP contribution is 2.34. The Hall–Kier alpha value is -4.66. The van der Waals surface area contributed by atoms with Gasteiger partial charge in [-0.05, 0) is 156 Å². The van der Waals surface area contributed by atoms with Crippen molar-refractivity contribution in [1.82, 2.24) is 52.2 Å². The molecule has 4 aromatic rings. The van der Waals surface area contributed by atoms with Crippen molar-refractivity contribution in [2.45, 2.75) is 114 Å². The van der Waals surface area contributed by atoms with Crippen LogP contribution < -0.4 is 60.2 Å². The Balaban J connectivity index is 1.76. The number of unbranched alkanes of at least 4 members (excludes halogenated alkanes) is 1. The average Bonchev–Trinajstić information content (AvgIpc) is 4.05. The predicted molar refractivity (Wildman–Crippen MR) is 325 cm³/mol. The third-order valence-electron chi connectivity index (χ3n) is 11.6. The Labute approximate surface area is 506 Å². The number of carbonyl (C=O) groups excluding carboxylic acids is 9. The second-order valence-electron chi connectivity index (χ2n) is 17.4. The first-order valence-corrected chi connectivity index (χ1v) is 29.1. The Morgan fingerprint density at radius 1 is 0.605 bits per heavy atom. The molecule has 9 amide bonds. The number of fused-ring (bicyclic) bond motifs is 1. The molecule has 76 heavy (non-hydrogen) atoms. The number of nitrogens with zero attached hydrogens (tertiary/aromatic N) is 2. The Kier molecular flexibility index (Phi) is 26.6. The number of hydrogen-bond donors (Lipinski definition) is 13. The average molecular weight is 1610 g/mol. The molecule has 0 radical (unpaired) electrons. The quantitative estimate of drug-likeness (QED) is 0.00868. The van der Waals surface area contributed by atoms with Crippen molar-refractivity contribution in [3.63, 3.8) is 0 Å². The summed E-state index contributed by atoms with van der Waals surface area (Å²) >= 11 is 11.0. The fourth-order valence-corrected chi connectivity index (χ4v) is 13.0. The lowest BCUT2D eigenvalue weighted by Crippen LogP contribution is -2.60. The number of imidazole rings is 1. The van der Waals surface area contributed by atoms with Crippen molar-refractivity contribution >= 4 is 183 Å². The standard InChI is InChI=1S/C47H60I5N15O9/c1-3-4-9-28(62-22(2)68)42(72)64-30(12-13-34(53)69)44(74)66-32(16-24-19-57-21-61-24)45(75)67-33(17-26-36(48)38(50)40(52)39(51)37(26)49)46(76)63-29(11-7-14-58-47(55)56)43(73)65-31(41(71)60-20-35(54)70)15-23-18-59-27-10-6-5-8-25(23)27/h5-6,8,10,18-19,21,28-33,59H,3-4,7,9,11-17,20H2,1-2H3,(H2,53,69)(H2,54,70)(H,57,61)(H,60,71)(H,62,68)(H,63,76)(H,64,72)(H,65,73)(H,66,74)(H,67,75)(H4,55,56,58)/t28-,29-,30-,31+,32-,33+/m0/s1. The number of aromatic amines is 2. The van der Waals surface area contributed by atoms with E-state index in [1.807, 2.05) is 31.2 Å². The summed E-state index contributed by atoms with van der Waals surface area (Å²) in [6.07, 6.45) is 5.16. The molecule has 2 heterocycles. The van der Waals surface area contributed by atoms with Gasteiger partial charge in [-0.3, -0.25) is 48.1 Å². The molecule has 0 fully saturated rings. The number of para-hydroxylation sites is 1. The van der Waals surface area contributed by atoms with Crippen molar-refractivity contribution in [3.05, 3.63) is 77.7 Å². The first kappa shape index (κ1) is 63.9. The number of nitrogens with two attached hydrogens (primary N) is 4. The van der Waals surface area contributed by atoms with Crippen LogP contribution in [-0.4, -0.2) is 123 Å². The number of H-pyrrole nitrogens is 2. The van der Waals surface area contributed by atoms with Gasteiger partial charge in [0.1, 0.15) is 36.3 Å². The van der Waals surface area contributed by atoms with Crippen LogP contribution in [0, 0.1) is 17.9 Å². The number of carbonyl (C=O) groups is 9. The zero-order valence-electron chi connectivity index (χ0n) is 41.3. The third-order valence-corrected chi connectivity index (χ3v) is 21.3. The van der Waals surface area contributed by atoms with Gasteiger partial charge in [-0.25, -0.2) is 4.98 Å². The lowest BCUT2D eigenvalue weighted by Gasteiger charge is -2.28. The first-order valence-electron chi connectivity index (χ1n) is 23.7. The SMILES string of the molecule is CCCC[C@H](NC(C)=O)C(=O)N[C@@H](CCC(N)=O)C(=O)N[C@@H](Cc1cnc[nH]1)C(=O)N[C@H](Cc1c(I)c(I)c(I)c(I)c1I)C(=O)N[C@@H](CCCN=C(N)N)C(=O)N[C@H](Cc1c[nH]c2ccccc12)C(=O)NCC(N)=O. The van der Waals surface area contributed by atoms with Crippen molar-refractivity contribution in [2.75, 3.05) is 13.1 Å². The maximum Gasteiger partial charge on any atom is 0.243 e. The topological polar surface area (TPSA) is 399 Å². The van der Waals surface area contributed by atoms with Crippen LogP contribution in [-0.2, 0) is 62.4 Å². The molecule has 0 aliphatic carbocycles. The highest BCUT2D eigenvalue weighted by Gasteiger charge is 2.35. The monoisotopic (exact) mass is 1610 g/mol. The fraction of sp³-hybridized carbons (Fsp3) is 0.426. The maximum absolute atomic E-state index is 15.0. The van der Waals surface area contributed by atoms with Crippen molar-refractivity contribution in [2.24, 2.45) is 27.9 Å². The molecular weight excluding hydrogens is 1550 g/mol. The van der Waals surface area contributed by atoms with E-state index in [-0.39, 0.29) is 63.9 Å². The Morgan fingerprint density at radius 2 is 1.12 bits per heavy atom. The van der Waals surface area contributed by atoms with Gasteiger partial charge in [-0.15, -0.1) is 0 Å². The molecule has 4 rings (SSSR count). The molecule has 412 valence electrons.